The Morgan fingerprint density at radius 3 is 0.800 bits per heavy atom. The minimum absolute atomic E-state index is 0.0666. The van der Waals surface area contributed by atoms with E-state index in [1.807, 2.05) is 13.8 Å². The van der Waals surface area contributed by atoms with E-state index in [4.69, 9.17) is 9.11 Å². The Morgan fingerprint density at radius 2 is 0.667 bits per heavy atom. The lowest BCUT2D eigenvalue weighted by Crippen LogP contribution is -1.96. The van der Waals surface area contributed by atoms with Crippen LogP contribution in [0.25, 0.3) is 0 Å². The first-order chi connectivity index (χ1) is 14.0. The summed E-state index contributed by atoms with van der Waals surface area (Å²) in [5, 5.41) is 0. The summed E-state index contributed by atoms with van der Waals surface area (Å²) in [6, 6.07) is 12.0. The number of aryl methyl sites for hydroxylation is 2. The van der Waals surface area contributed by atoms with Crippen molar-refractivity contribution in [2.45, 2.75) is 23.6 Å². The van der Waals surface area contributed by atoms with Gasteiger partial charge in [-0.3, -0.25) is 9.11 Å². The first-order valence-corrected chi connectivity index (χ1v) is 11.0. The molecule has 2 aromatic rings. The molecule has 0 fully saturated rings. The van der Waals surface area contributed by atoms with Crippen LogP contribution in [0.5, 0.6) is 0 Å². The Morgan fingerprint density at radius 1 is 0.500 bits per heavy atom. The van der Waals surface area contributed by atoms with E-state index in [1.165, 1.54) is 24.3 Å². The van der Waals surface area contributed by atoms with Gasteiger partial charge in [-0.25, -0.2) is 0 Å². The Balaban J connectivity index is -0.000000169. The molecule has 0 aliphatic carbocycles. The van der Waals surface area contributed by atoms with Crippen LogP contribution in [0.4, 0.5) is 0 Å². The van der Waals surface area contributed by atoms with Gasteiger partial charge in [0, 0.05) is 0 Å². The van der Waals surface area contributed by atoms with Crippen LogP contribution in [0.3, 0.4) is 0 Å². The maximum atomic E-state index is 10.5. The van der Waals surface area contributed by atoms with Crippen molar-refractivity contribution in [3.8, 4) is 0 Å². The summed E-state index contributed by atoms with van der Waals surface area (Å²) in [4.78, 5) is -0.133. The summed E-state index contributed by atoms with van der Waals surface area (Å²) in [7, 11) is -8.04. The second-order valence-electron chi connectivity index (χ2n) is 4.58. The van der Waals surface area contributed by atoms with Gasteiger partial charge in [-0.1, -0.05) is 35.4 Å². The Kier molecular flexibility index (Phi) is 22.6. The minimum atomic E-state index is -4.02. The molecule has 2 aromatic carbocycles. The molecule has 168 valence electrons. The van der Waals surface area contributed by atoms with Gasteiger partial charge in [-0.05, 0) is 38.1 Å². The summed E-state index contributed by atoms with van der Waals surface area (Å²) in [6.07, 6.45) is 0. The van der Waals surface area contributed by atoms with Gasteiger partial charge in [0.15, 0.2) is 0 Å². The van der Waals surface area contributed by atoms with Crippen molar-refractivity contribution in [3.63, 3.8) is 0 Å². The molecule has 0 spiro atoms. The normalized spacial score (nSPS) is 8.93. The lowest BCUT2D eigenvalue weighted by atomic mass is 10.2. The van der Waals surface area contributed by atoms with Gasteiger partial charge in [0.25, 0.3) is 20.2 Å². The highest BCUT2D eigenvalue weighted by atomic mass is 32.2. The predicted octanol–water partition coefficient (Wildman–Crippen LogP) is 5.69. The van der Waals surface area contributed by atoms with E-state index < -0.39 is 20.2 Å². The number of rotatable bonds is 2. The van der Waals surface area contributed by atoms with Gasteiger partial charge in [0.1, 0.15) is 0 Å². The average Bonchev–Trinajstić information content (AvgIpc) is 2.74. The fourth-order valence-corrected chi connectivity index (χ4v) is 2.38. The second kappa shape index (κ2) is 19.5. The highest BCUT2D eigenvalue weighted by molar-refractivity contribution is 7.86. The molecule has 8 heteroatoms. The largest absolute Gasteiger partial charge is 0.294 e. The minimum Gasteiger partial charge on any atom is -0.282 e. The van der Waals surface area contributed by atoms with E-state index in [0.717, 1.165) is 11.1 Å². The van der Waals surface area contributed by atoms with E-state index in [2.05, 4.69) is 52.6 Å². The topological polar surface area (TPSA) is 109 Å². The van der Waals surface area contributed by atoms with Crippen molar-refractivity contribution >= 4 is 20.2 Å². The molecule has 0 bridgehead atoms. The zero-order chi connectivity index (χ0) is 25.0. The fraction of sp³-hybridized carbons (Fsp3) is 0.0909. The third kappa shape index (κ3) is 17.3. The van der Waals surface area contributed by atoms with E-state index in [0.29, 0.717) is 0 Å². The standard InChI is InChI=1S/2C7H8O3S.4C2H4/c2*1-6-2-4-7(5-3-6)11(8,9)10;4*1-2/h2*2-5H,1H3,(H,8,9,10);4*1-2H2. The third-order valence-electron chi connectivity index (χ3n) is 2.64. The molecule has 2 N–H and O–H groups in total. The molecule has 0 atom stereocenters. The molecular formula is C22H32O6S2. The van der Waals surface area contributed by atoms with Gasteiger partial charge in [-0.15, -0.1) is 52.6 Å². The third-order valence-corrected chi connectivity index (χ3v) is 4.37. The fourth-order valence-electron chi connectivity index (χ4n) is 1.42. The maximum Gasteiger partial charge on any atom is 0.294 e. The first kappa shape index (κ1) is 34.7. The number of benzene rings is 2. The highest BCUT2D eigenvalue weighted by Crippen LogP contribution is 2.09. The van der Waals surface area contributed by atoms with Crippen molar-refractivity contribution < 1.29 is 25.9 Å². The van der Waals surface area contributed by atoms with Crippen LogP contribution < -0.4 is 0 Å². The Hall–Kier alpha value is -2.78. The van der Waals surface area contributed by atoms with Gasteiger partial charge in [0.05, 0.1) is 9.79 Å². The summed E-state index contributed by atoms with van der Waals surface area (Å²) in [6.45, 7) is 27.7. The number of hydrogen-bond acceptors (Lipinski definition) is 4. The molecule has 0 saturated heterocycles. The molecule has 30 heavy (non-hydrogen) atoms. The molecule has 6 nitrogen and oxygen atoms in total. The van der Waals surface area contributed by atoms with Crippen LogP contribution in [0.15, 0.2) is 111 Å². The van der Waals surface area contributed by atoms with Crippen molar-refractivity contribution in [2.24, 2.45) is 0 Å². The van der Waals surface area contributed by atoms with Crippen LogP contribution in [-0.2, 0) is 20.2 Å². The van der Waals surface area contributed by atoms with Crippen molar-refractivity contribution in [1.82, 2.24) is 0 Å². The average molecular weight is 457 g/mol. The summed E-state index contributed by atoms with van der Waals surface area (Å²) < 4.78 is 59.1. The van der Waals surface area contributed by atoms with E-state index in [1.54, 1.807) is 24.3 Å². The molecule has 0 saturated carbocycles. The van der Waals surface area contributed by atoms with Crippen LogP contribution in [0.2, 0.25) is 0 Å². The summed E-state index contributed by atoms with van der Waals surface area (Å²) in [5.74, 6) is 0. The van der Waals surface area contributed by atoms with Crippen LogP contribution in [0, 0.1) is 13.8 Å². The van der Waals surface area contributed by atoms with Gasteiger partial charge in [-0.2, -0.15) is 16.8 Å². The van der Waals surface area contributed by atoms with Crippen molar-refractivity contribution in [3.05, 3.63) is 112 Å². The molecule has 0 radical (unpaired) electrons. The van der Waals surface area contributed by atoms with Crippen molar-refractivity contribution in [1.29, 1.82) is 0 Å². The molecule has 0 aromatic heterocycles. The predicted molar refractivity (Wildman–Crippen MR) is 127 cm³/mol. The van der Waals surface area contributed by atoms with Gasteiger partial charge in [0.2, 0.25) is 0 Å². The first-order valence-electron chi connectivity index (χ1n) is 8.08. The Bertz CT molecular complexity index is 804. The quantitative estimate of drug-likeness (QED) is 0.444. The lowest BCUT2D eigenvalue weighted by molar-refractivity contribution is 0.481. The van der Waals surface area contributed by atoms with Gasteiger partial charge >= 0.3 is 0 Å². The molecule has 0 unspecified atom stereocenters. The van der Waals surface area contributed by atoms with Crippen LogP contribution in [0.1, 0.15) is 11.1 Å². The SMILES string of the molecule is C=C.C=C.C=C.C=C.Cc1ccc(S(=O)(=O)O)cc1.Cc1ccc(S(=O)(=O)O)cc1. The zero-order valence-corrected chi connectivity index (χ0v) is 19.3. The van der Waals surface area contributed by atoms with Crippen LogP contribution >= 0.6 is 0 Å². The molecule has 2 rings (SSSR count). The van der Waals surface area contributed by atoms with Crippen molar-refractivity contribution in [2.75, 3.05) is 0 Å². The summed E-state index contributed by atoms with van der Waals surface area (Å²) >= 11 is 0. The smallest absolute Gasteiger partial charge is 0.282 e. The molecule has 0 amide bonds. The second-order valence-corrected chi connectivity index (χ2v) is 7.42. The van der Waals surface area contributed by atoms with Crippen LogP contribution in [-0.4, -0.2) is 25.9 Å². The molecule has 0 heterocycles. The van der Waals surface area contributed by atoms with E-state index in [9.17, 15) is 16.8 Å². The van der Waals surface area contributed by atoms with Gasteiger partial charge < -0.3 is 0 Å². The molecular weight excluding hydrogens is 424 g/mol. The Labute approximate surface area is 182 Å². The van der Waals surface area contributed by atoms with E-state index in [-0.39, 0.29) is 9.79 Å². The monoisotopic (exact) mass is 456 g/mol. The molecule has 0 aliphatic heterocycles. The highest BCUT2D eigenvalue weighted by Gasteiger charge is 2.07. The molecule has 0 aliphatic rings. The maximum absolute atomic E-state index is 10.5. The summed E-state index contributed by atoms with van der Waals surface area (Å²) in [5.41, 5.74) is 1.91. The van der Waals surface area contributed by atoms with E-state index >= 15 is 0 Å². The number of hydrogen-bond donors (Lipinski definition) is 2. The lowest BCUT2D eigenvalue weighted by Gasteiger charge is -1.95. The zero-order valence-electron chi connectivity index (χ0n) is 17.6.